The minimum atomic E-state index is -1.00. The molecule has 0 bridgehead atoms. The summed E-state index contributed by atoms with van der Waals surface area (Å²) in [5, 5.41) is 19.9. The van der Waals surface area contributed by atoms with Gasteiger partial charge in [0.2, 0.25) is 0 Å². The lowest BCUT2D eigenvalue weighted by molar-refractivity contribution is -0.142. The summed E-state index contributed by atoms with van der Waals surface area (Å²) in [7, 11) is 0. The summed E-state index contributed by atoms with van der Waals surface area (Å²) in [5.74, 6) is -1.84. The minimum absolute atomic E-state index is 0.248. The van der Waals surface area contributed by atoms with Crippen LogP contribution in [0, 0.1) is 6.92 Å². The molecule has 0 aliphatic carbocycles. The predicted molar refractivity (Wildman–Crippen MR) is 109 cm³/mol. The van der Waals surface area contributed by atoms with Crippen LogP contribution in [0.1, 0.15) is 12.5 Å². The number of anilines is 2. The molecule has 154 valence electrons. The van der Waals surface area contributed by atoms with Crippen LogP contribution in [0.2, 0.25) is 0 Å². The Balaban J connectivity index is 0.000000687. The first kappa shape index (κ1) is 21.9. The summed E-state index contributed by atoms with van der Waals surface area (Å²) >= 11 is 0. The highest BCUT2D eigenvalue weighted by atomic mass is 16.4. The van der Waals surface area contributed by atoms with Crippen LogP contribution in [-0.4, -0.2) is 58.8 Å². The highest BCUT2D eigenvalue weighted by Crippen LogP contribution is 2.28. The lowest BCUT2D eigenvalue weighted by Crippen LogP contribution is -2.59. The van der Waals surface area contributed by atoms with E-state index in [2.05, 4.69) is 5.32 Å². The molecule has 0 radical (unpaired) electrons. The van der Waals surface area contributed by atoms with Gasteiger partial charge in [0, 0.05) is 26.6 Å². The molecule has 0 aromatic heterocycles. The van der Waals surface area contributed by atoms with Crippen molar-refractivity contribution in [2.24, 2.45) is 0 Å². The third kappa shape index (κ3) is 6.05. The van der Waals surface area contributed by atoms with E-state index in [4.69, 9.17) is 9.90 Å². The topological polar surface area (TPSA) is 110 Å². The lowest BCUT2D eigenvalue weighted by atomic mass is 10.1. The van der Waals surface area contributed by atoms with Gasteiger partial charge in [-0.05, 0) is 36.8 Å². The molecule has 1 aliphatic heterocycles. The maximum absolute atomic E-state index is 13.3. The zero-order valence-electron chi connectivity index (χ0n) is 16.4. The molecule has 1 saturated heterocycles. The van der Waals surface area contributed by atoms with Crippen molar-refractivity contribution in [2.75, 3.05) is 24.5 Å². The Morgan fingerprint density at radius 2 is 1.66 bits per heavy atom. The average Bonchev–Trinajstić information content (AvgIpc) is 2.68. The molecule has 3 rings (SSSR count). The van der Waals surface area contributed by atoms with Crippen LogP contribution in [0.5, 0.6) is 0 Å². The molecule has 0 saturated carbocycles. The molecular weight excluding hydrogens is 374 g/mol. The normalized spacial score (nSPS) is 15.7. The predicted octanol–water partition coefficient (Wildman–Crippen LogP) is 2.70. The van der Waals surface area contributed by atoms with E-state index < -0.39 is 18.0 Å². The molecule has 1 atom stereocenters. The fourth-order valence-corrected chi connectivity index (χ4v) is 3.00. The Bertz CT molecular complexity index is 852. The number of carboxylic acid groups (broad SMARTS) is 2. The largest absolute Gasteiger partial charge is 0.481 e. The van der Waals surface area contributed by atoms with Gasteiger partial charge in [-0.1, -0.05) is 30.3 Å². The number of piperazine rings is 1. The van der Waals surface area contributed by atoms with Gasteiger partial charge in [-0.15, -0.1) is 0 Å². The Morgan fingerprint density at radius 1 is 1.03 bits per heavy atom. The monoisotopic (exact) mass is 399 g/mol. The molecule has 8 heteroatoms. The fourth-order valence-electron chi connectivity index (χ4n) is 3.00. The third-order valence-corrected chi connectivity index (χ3v) is 4.24. The van der Waals surface area contributed by atoms with Crippen LogP contribution in [0.4, 0.5) is 16.2 Å². The van der Waals surface area contributed by atoms with Crippen LogP contribution in [-0.2, 0) is 9.59 Å². The minimum Gasteiger partial charge on any atom is -0.481 e. The lowest BCUT2D eigenvalue weighted by Gasteiger charge is -2.37. The highest BCUT2D eigenvalue weighted by molar-refractivity contribution is 6.01. The van der Waals surface area contributed by atoms with E-state index >= 15 is 0 Å². The molecule has 0 unspecified atom stereocenters. The van der Waals surface area contributed by atoms with Crippen molar-refractivity contribution in [3.8, 4) is 0 Å². The second kappa shape index (κ2) is 10.2. The average molecular weight is 399 g/mol. The van der Waals surface area contributed by atoms with Crippen molar-refractivity contribution in [3.05, 3.63) is 60.2 Å². The summed E-state index contributed by atoms with van der Waals surface area (Å²) in [4.78, 5) is 36.9. The number of aliphatic carboxylic acids is 2. The standard InChI is InChI=1S/C19H21N3O3.C2H4O2/c1-14-6-5-9-16(12-14)22(15-7-3-2-4-8-15)19(25)21-11-10-20-13-17(21)18(23)24;1-2(3)4/h2-9,12,17,20H,10-11,13H2,1H3,(H,23,24);1H3,(H,3,4)/t17-;/m0./s1. The van der Waals surface area contributed by atoms with E-state index in [1.807, 2.05) is 61.5 Å². The smallest absolute Gasteiger partial charge is 0.329 e. The number of aryl methyl sites for hydroxylation is 1. The second-order valence-electron chi connectivity index (χ2n) is 6.56. The van der Waals surface area contributed by atoms with Crippen molar-refractivity contribution < 1.29 is 24.6 Å². The van der Waals surface area contributed by atoms with Gasteiger partial charge in [0.05, 0.1) is 11.4 Å². The van der Waals surface area contributed by atoms with Crippen molar-refractivity contribution in [1.29, 1.82) is 0 Å². The molecule has 3 N–H and O–H groups in total. The molecule has 2 amide bonds. The number of urea groups is 1. The quantitative estimate of drug-likeness (QED) is 0.732. The number of rotatable bonds is 3. The number of benzene rings is 2. The van der Waals surface area contributed by atoms with Gasteiger partial charge in [-0.3, -0.25) is 9.69 Å². The molecular formula is C21H25N3O5. The van der Waals surface area contributed by atoms with E-state index in [0.717, 1.165) is 18.2 Å². The summed E-state index contributed by atoms with van der Waals surface area (Å²) in [6.45, 7) is 4.22. The first-order chi connectivity index (χ1) is 13.8. The van der Waals surface area contributed by atoms with Gasteiger partial charge >= 0.3 is 12.0 Å². The van der Waals surface area contributed by atoms with Gasteiger partial charge in [0.25, 0.3) is 5.97 Å². The Morgan fingerprint density at radius 3 is 2.24 bits per heavy atom. The molecule has 29 heavy (non-hydrogen) atoms. The first-order valence-electron chi connectivity index (χ1n) is 9.16. The van der Waals surface area contributed by atoms with E-state index in [-0.39, 0.29) is 12.6 Å². The molecule has 2 aromatic carbocycles. The van der Waals surface area contributed by atoms with Gasteiger partial charge < -0.3 is 20.4 Å². The van der Waals surface area contributed by atoms with E-state index in [1.54, 1.807) is 4.90 Å². The SMILES string of the molecule is CC(=O)O.Cc1cccc(N(C(=O)N2CCNC[C@H]2C(=O)O)c2ccccc2)c1. The van der Waals surface area contributed by atoms with Crippen molar-refractivity contribution in [2.45, 2.75) is 19.9 Å². The maximum atomic E-state index is 13.3. The molecule has 8 nitrogen and oxygen atoms in total. The Labute approximate surface area is 169 Å². The molecule has 0 spiro atoms. The maximum Gasteiger partial charge on any atom is 0.329 e. The molecule has 1 heterocycles. The number of para-hydroxylation sites is 1. The summed E-state index contributed by atoms with van der Waals surface area (Å²) in [6, 6.07) is 15.7. The number of carbonyl (C=O) groups is 3. The van der Waals surface area contributed by atoms with Gasteiger partial charge in [0.15, 0.2) is 0 Å². The van der Waals surface area contributed by atoms with Crippen LogP contribution in [0.3, 0.4) is 0 Å². The van der Waals surface area contributed by atoms with Crippen molar-refractivity contribution in [1.82, 2.24) is 10.2 Å². The number of amides is 2. The van der Waals surface area contributed by atoms with Gasteiger partial charge in [-0.2, -0.15) is 0 Å². The van der Waals surface area contributed by atoms with Crippen LogP contribution >= 0.6 is 0 Å². The Hall–Kier alpha value is -3.39. The van der Waals surface area contributed by atoms with Crippen molar-refractivity contribution >= 4 is 29.3 Å². The van der Waals surface area contributed by atoms with Crippen LogP contribution < -0.4 is 10.2 Å². The highest BCUT2D eigenvalue weighted by Gasteiger charge is 2.35. The summed E-state index contributed by atoms with van der Waals surface area (Å²) < 4.78 is 0. The number of hydrogen-bond donors (Lipinski definition) is 3. The molecule has 1 aliphatic rings. The molecule has 2 aromatic rings. The molecule has 1 fully saturated rings. The van der Waals surface area contributed by atoms with Crippen LogP contribution in [0.15, 0.2) is 54.6 Å². The second-order valence-corrected chi connectivity index (χ2v) is 6.56. The summed E-state index contributed by atoms with van der Waals surface area (Å²) in [6.07, 6.45) is 0. The van der Waals surface area contributed by atoms with Gasteiger partial charge in [0.1, 0.15) is 6.04 Å². The number of hydrogen-bond acceptors (Lipinski definition) is 4. The van der Waals surface area contributed by atoms with Crippen LogP contribution in [0.25, 0.3) is 0 Å². The zero-order chi connectivity index (χ0) is 21.4. The van der Waals surface area contributed by atoms with E-state index in [0.29, 0.717) is 18.8 Å². The van der Waals surface area contributed by atoms with E-state index in [9.17, 15) is 14.7 Å². The number of carbonyl (C=O) groups excluding carboxylic acids is 1. The fraction of sp³-hybridized carbons (Fsp3) is 0.286. The number of nitrogens with one attached hydrogen (secondary N) is 1. The Kier molecular flexibility index (Phi) is 7.73. The van der Waals surface area contributed by atoms with E-state index in [1.165, 1.54) is 4.90 Å². The van der Waals surface area contributed by atoms with Crippen molar-refractivity contribution in [3.63, 3.8) is 0 Å². The van der Waals surface area contributed by atoms with Gasteiger partial charge in [-0.25, -0.2) is 9.59 Å². The number of carboxylic acids is 2. The summed E-state index contributed by atoms with van der Waals surface area (Å²) in [5.41, 5.74) is 2.46. The zero-order valence-corrected chi connectivity index (χ0v) is 16.4. The first-order valence-corrected chi connectivity index (χ1v) is 9.16. The number of nitrogens with zero attached hydrogens (tertiary/aromatic N) is 2. The third-order valence-electron chi connectivity index (χ3n) is 4.24.